The van der Waals surface area contributed by atoms with E-state index in [1.54, 1.807) is 0 Å². The number of para-hydroxylation sites is 1. The molecule has 5 aromatic rings. The normalized spacial score (nSPS) is 10.6. The summed E-state index contributed by atoms with van der Waals surface area (Å²) in [5.74, 6) is 1.61. The molecular weight excluding hydrogens is 454 g/mol. The zero-order chi connectivity index (χ0) is 23.9. The highest BCUT2D eigenvalue weighted by Crippen LogP contribution is 2.32. The summed E-state index contributed by atoms with van der Waals surface area (Å²) < 4.78 is 5.80. The molecule has 0 spiro atoms. The summed E-state index contributed by atoms with van der Waals surface area (Å²) in [4.78, 5) is 20.8. The van der Waals surface area contributed by atoms with E-state index < -0.39 is 0 Å². The Bertz CT molecular complexity index is 1330. The molecule has 172 valence electrons. The molecule has 1 amide bonds. The van der Waals surface area contributed by atoms with Crippen LogP contribution < -0.4 is 10.1 Å². The van der Waals surface area contributed by atoms with Crippen molar-refractivity contribution in [1.29, 1.82) is 0 Å². The van der Waals surface area contributed by atoms with Gasteiger partial charge in [-0.25, -0.2) is 4.98 Å². The molecule has 0 aliphatic heterocycles. The number of aromatic nitrogens is 2. The minimum Gasteiger partial charge on any atom is -0.457 e. The second-order valence-electron chi connectivity index (χ2n) is 7.77. The van der Waals surface area contributed by atoms with Gasteiger partial charge in [0.25, 0.3) is 0 Å². The molecule has 0 unspecified atom stereocenters. The Hall–Kier alpha value is -4.29. The Morgan fingerprint density at radius 3 is 1.97 bits per heavy atom. The lowest BCUT2D eigenvalue weighted by atomic mass is 10.1. The van der Waals surface area contributed by atoms with Crippen LogP contribution in [0.3, 0.4) is 0 Å². The smallest absolute Gasteiger partial charge is 0.234 e. The average Bonchev–Trinajstić information content (AvgIpc) is 3.35. The van der Waals surface area contributed by atoms with Gasteiger partial charge in [-0.1, -0.05) is 90.6 Å². The van der Waals surface area contributed by atoms with Gasteiger partial charge in [0.2, 0.25) is 5.91 Å². The second-order valence-corrected chi connectivity index (χ2v) is 8.74. The van der Waals surface area contributed by atoms with E-state index in [9.17, 15) is 4.79 Å². The first-order chi connectivity index (χ1) is 17.2. The first-order valence-corrected chi connectivity index (χ1v) is 12.2. The molecule has 0 bridgehead atoms. The van der Waals surface area contributed by atoms with E-state index in [1.165, 1.54) is 11.8 Å². The fraction of sp³-hybridized carbons (Fsp3) is 0.0345. The Labute approximate surface area is 208 Å². The molecular formula is C29H23N3O2S. The van der Waals surface area contributed by atoms with Crippen molar-refractivity contribution in [2.45, 2.75) is 5.16 Å². The quantitative estimate of drug-likeness (QED) is 0.231. The minimum absolute atomic E-state index is 0.106. The van der Waals surface area contributed by atoms with Crippen LogP contribution in [0.4, 0.5) is 5.69 Å². The highest BCUT2D eigenvalue weighted by Gasteiger charge is 2.15. The molecule has 5 nitrogen and oxygen atoms in total. The number of hydrogen-bond donors (Lipinski definition) is 2. The molecule has 5 rings (SSSR count). The van der Waals surface area contributed by atoms with Gasteiger partial charge in [0, 0.05) is 16.8 Å². The van der Waals surface area contributed by atoms with Crippen LogP contribution in [0, 0.1) is 0 Å². The third-order valence-electron chi connectivity index (χ3n) is 5.25. The van der Waals surface area contributed by atoms with Crippen LogP contribution in [0.15, 0.2) is 120 Å². The summed E-state index contributed by atoms with van der Waals surface area (Å²) in [6, 6.07) is 37.0. The summed E-state index contributed by atoms with van der Waals surface area (Å²) in [6.07, 6.45) is 0. The number of imidazole rings is 1. The zero-order valence-corrected chi connectivity index (χ0v) is 19.7. The maximum Gasteiger partial charge on any atom is 0.234 e. The molecule has 6 heteroatoms. The molecule has 2 N–H and O–H groups in total. The van der Waals surface area contributed by atoms with Crippen molar-refractivity contribution in [3.63, 3.8) is 0 Å². The highest BCUT2D eigenvalue weighted by molar-refractivity contribution is 7.99. The summed E-state index contributed by atoms with van der Waals surface area (Å²) in [5, 5.41) is 3.63. The standard InChI is InChI=1S/C29H23N3O2S/c33-26(30-23-16-18-25(19-17-23)34-24-14-8-3-9-15-24)20-35-29-31-27(21-10-4-1-5-11-21)28(32-29)22-12-6-2-7-13-22/h1-19H,20H2,(H,30,33)(H,31,32). The molecule has 1 aromatic heterocycles. The molecule has 35 heavy (non-hydrogen) atoms. The van der Waals surface area contributed by atoms with Crippen LogP contribution in [0.1, 0.15) is 0 Å². The van der Waals surface area contributed by atoms with Crippen LogP contribution in [0.25, 0.3) is 22.5 Å². The zero-order valence-electron chi connectivity index (χ0n) is 18.8. The average molecular weight is 478 g/mol. The van der Waals surface area contributed by atoms with E-state index in [-0.39, 0.29) is 11.7 Å². The number of benzene rings is 4. The third kappa shape index (κ3) is 5.80. The van der Waals surface area contributed by atoms with Crippen molar-refractivity contribution >= 4 is 23.4 Å². The molecule has 0 saturated heterocycles. The van der Waals surface area contributed by atoms with Crippen molar-refractivity contribution in [2.75, 3.05) is 11.1 Å². The van der Waals surface area contributed by atoms with Gasteiger partial charge in [-0.15, -0.1) is 0 Å². The van der Waals surface area contributed by atoms with Gasteiger partial charge in [-0.3, -0.25) is 4.79 Å². The number of hydrogen-bond acceptors (Lipinski definition) is 4. The maximum absolute atomic E-state index is 12.6. The topological polar surface area (TPSA) is 67.0 Å². The van der Waals surface area contributed by atoms with E-state index in [2.05, 4.69) is 10.3 Å². The first-order valence-electron chi connectivity index (χ1n) is 11.2. The van der Waals surface area contributed by atoms with Gasteiger partial charge in [0.15, 0.2) is 5.16 Å². The Kier molecular flexibility index (Phi) is 6.92. The number of amides is 1. The molecule has 0 saturated carbocycles. The van der Waals surface area contributed by atoms with Crippen LogP contribution in [-0.2, 0) is 4.79 Å². The van der Waals surface area contributed by atoms with Gasteiger partial charge >= 0.3 is 0 Å². The number of anilines is 1. The number of H-pyrrole nitrogens is 1. The number of carbonyl (C=O) groups is 1. The molecule has 0 fully saturated rings. The van der Waals surface area contributed by atoms with Gasteiger partial charge in [-0.05, 0) is 36.4 Å². The largest absolute Gasteiger partial charge is 0.457 e. The predicted octanol–water partition coefficient (Wildman–Crippen LogP) is 7.27. The van der Waals surface area contributed by atoms with E-state index in [0.717, 1.165) is 28.3 Å². The van der Waals surface area contributed by atoms with Crippen LogP contribution in [-0.4, -0.2) is 21.6 Å². The third-order valence-corrected chi connectivity index (χ3v) is 6.12. The Morgan fingerprint density at radius 1 is 0.743 bits per heavy atom. The van der Waals surface area contributed by atoms with E-state index in [4.69, 9.17) is 9.72 Å². The number of rotatable bonds is 8. The summed E-state index contributed by atoms with van der Waals surface area (Å²) in [7, 11) is 0. The monoisotopic (exact) mass is 477 g/mol. The van der Waals surface area contributed by atoms with Gasteiger partial charge < -0.3 is 15.0 Å². The lowest BCUT2D eigenvalue weighted by Gasteiger charge is -2.07. The number of aromatic amines is 1. The van der Waals surface area contributed by atoms with Crippen LogP contribution in [0.2, 0.25) is 0 Å². The Balaban J connectivity index is 1.24. The lowest BCUT2D eigenvalue weighted by molar-refractivity contribution is -0.113. The van der Waals surface area contributed by atoms with Crippen LogP contribution >= 0.6 is 11.8 Å². The van der Waals surface area contributed by atoms with Gasteiger partial charge in [-0.2, -0.15) is 0 Å². The van der Waals surface area contributed by atoms with Gasteiger partial charge in [0.05, 0.1) is 17.1 Å². The number of ether oxygens (including phenoxy) is 1. The van der Waals surface area contributed by atoms with Crippen molar-refractivity contribution in [3.05, 3.63) is 115 Å². The fourth-order valence-electron chi connectivity index (χ4n) is 3.60. The van der Waals surface area contributed by atoms with Crippen molar-refractivity contribution in [1.82, 2.24) is 9.97 Å². The Morgan fingerprint density at radius 2 is 1.31 bits per heavy atom. The summed E-state index contributed by atoms with van der Waals surface area (Å²) in [6.45, 7) is 0. The van der Waals surface area contributed by atoms with Crippen molar-refractivity contribution < 1.29 is 9.53 Å². The predicted molar refractivity (Wildman–Crippen MR) is 142 cm³/mol. The molecule has 0 atom stereocenters. The minimum atomic E-state index is -0.106. The number of carbonyl (C=O) groups excluding carboxylic acids is 1. The van der Waals surface area contributed by atoms with E-state index in [1.807, 2.05) is 115 Å². The van der Waals surface area contributed by atoms with Gasteiger partial charge in [0.1, 0.15) is 11.5 Å². The molecule has 0 aliphatic carbocycles. The number of nitrogens with one attached hydrogen (secondary N) is 2. The van der Waals surface area contributed by atoms with Crippen molar-refractivity contribution in [3.8, 4) is 34.0 Å². The van der Waals surface area contributed by atoms with Crippen molar-refractivity contribution in [2.24, 2.45) is 0 Å². The summed E-state index contributed by atoms with van der Waals surface area (Å²) in [5.41, 5.74) is 4.59. The molecule has 1 heterocycles. The number of thioether (sulfide) groups is 1. The molecule has 0 radical (unpaired) electrons. The van der Waals surface area contributed by atoms with E-state index >= 15 is 0 Å². The molecule has 0 aliphatic rings. The number of nitrogens with zero attached hydrogens (tertiary/aromatic N) is 1. The summed E-state index contributed by atoms with van der Waals surface area (Å²) >= 11 is 1.37. The lowest BCUT2D eigenvalue weighted by Crippen LogP contribution is -2.14. The maximum atomic E-state index is 12.6. The van der Waals surface area contributed by atoms with Crippen LogP contribution in [0.5, 0.6) is 11.5 Å². The van der Waals surface area contributed by atoms with E-state index in [0.29, 0.717) is 16.6 Å². The first kappa shape index (κ1) is 22.5. The highest BCUT2D eigenvalue weighted by atomic mass is 32.2. The second kappa shape index (κ2) is 10.8. The fourth-order valence-corrected chi connectivity index (χ4v) is 4.27. The molecule has 4 aromatic carbocycles. The SMILES string of the molecule is O=C(CSc1nc(-c2ccccc2)c(-c2ccccc2)[nH]1)Nc1ccc(Oc2ccccc2)cc1.